The van der Waals surface area contributed by atoms with Crippen LogP contribution in [0.2, 0.25) is 0 Å². The van der Waals surface area contributed by atoms with Gasteiger partial charge in [-0.1, -0.05) is 6.07 Å². The van der Waals surface area contributed by atoms with Crippen LogP contribution in [0.4, 0.5) is 5.69 Å². The van der Waals surface area contributed by atoms with Gasteiger partial charge < -0.3 is 10.4 Å². The molecule has 2 heterocycles. The monoisotopic (exact) mass is 370 g/mol. The Hall–Kier alpha value is -2.02. The first-order chi connectivity index (χ1) is 13.0. The van der Waals surface area contributed by atoms with Crippen LogP contribution in [0.5, 0.6) is 0 Å². The third-order valence-electron chi connectivity index (χ3n) is 5.22. The zero-order valence-corrected chi connectivity index (χ0v) is 16.5. The van der Waals surface area contributed by atoms with Gasteiger partial charge in [0.05, 0.1) is 16.9 Å². The van der Waals surface area contributed by atoms with Crippen LogP contribution in [0.3, 0.4) is 0 Å². The number of rotatable bonds is 6. The molecule has 3 rings (SSSR count). The minimum atomic E-state index is -0.0791. The van der Waals surface area contributed by atoms with Gasteiger partial charge in [0.15, 0.2) is 0 Å². The van der Waals surface area contributed by atoms with Crippen LogP contribution in [-0.4, -0.2) is 64.1 Å². The van der Waals surface area contributed by atoms with Crippen molar-refractivity contribution in [1.82, 2.24) is 14.8 Å². The Bertz CT molecular complexity index is 793. The molecule has 6 heteroatoms. The molecule has 146 valence electrons. The number of aromatic nitrogens is 1. The molecule has 2 aromatic rings. The van der Waals surface area contributed by atoms with Gasteiger partial charge in [-0.05, 0) is 44.5 Å². The Morgan fingerprint density at radius 3 is 2.81 bits per heavy atom. The maximum Gasteiger partial charge on any atom is 0.221 e. The highest BCUT2D eigenvalue weighted by Gasteiger charge is 2.28. The van der Waals surface area contributed by atoms with Crippen LogP contribution >= 0.6 is 0 Å². The molecule has 0 saturated carbocycles. The predicted molar refractivity (Wildman–Crippen MR) is 109 cm³/mol. The molecule has 0 spiro atoms. The van der Waals surface area contributed by atoms with Crippen LogP contribution in [0, 0.1) is 0 Å². The first-order valence-corrected chi connectivity index (χ1v) is 9.73. The summed E-state index contributed by atoms with van der Waals surface area (Å²) in [5, 5.41) is 13.2. The third-order valence-corrected chi connectivity index (χ3v) is 5.22. The van der Waals surface area contributed by atoms with E-state index in [-0.39, 0.29) is 12.5 Å². The van der Waals surface area contributed by atoms with Gasteiger partial charge in [0.1, 0.15) is 0 Å². The molecule has 2 N–H and O–H groups in total. The number of aliphatic hydroxyl groups is 1. The average molecular weight is 370 g/mol. The summed E-state index contributed by atoms with van der Waals surface area (Å²) in [7, 11) is 0. The molecule has 0 aliphatic carbocycles. The molecule has 1 amide bonds. The van der Waals surface area contributed by atoms with E-state index >= 15 is 0 Å². The number of carbonyl (C=O) groups excluding carboxylic acids is 1. The summed E-state index contributed by atoms with van der Waals surface area (Å²) in [6.45, 7) is 9.95. The fourth-order valence-electron chi connectivity index (χ4n) is 3.98. The second-order valence-corrected chi connectivity index (χ2v) is 7.59. The van der Waals surface area contributed by atoms with Gasteiger partial charge in [-0.25, -0.2) is 0 Å². The Kier molecular flexibility index (Phi) is 6.42. The normalized spacial score (nSPS) is 18.9. The van der Waals surface area contributed by atoms with Crippen molar-refractivity contribution in [1.29, 1.82) is 0 Å². The lowest BCUT2D eigenvalue weighted by Gasteiger charge is -2.43. The Labute approximate surface area is 161 Å². The molecule has 1 atom stereocenters. The van der Waals surface area contributed by atoms with E-state index in [1.165, 1.54) is 6.92 Å². The lowest BCUT2D eigenvalue weighted by atomic mass is 10.1. The number of anilines is 1. The molecule has 6 nitrogen and oxygen atoms in total. The van der Waals surface area contributed by atoms with Crippen molar-refractivity contribution in [3.05, 3.63) is 36.0 Å². The number of benzene rings is 1. The number of carbonyl (C=O) groups is 1. The predicted octanol–water partition coefficient (Wildman–Crippen LogP) is 2.47. The number of fused-ring (bicyclic) bond motifs is 1. The maximum absolute atomic E-state index is 11.4. The Morgan fingerprint density at radius 1 is 1.30 bits per heavy atom. The number of hydrogen-bond acceptors (Lipinski definition) is 5. The number of amides is 1. The summed E-state index contributed by atoms with van der Waals surface area (Å²) in [4.78, 5) is 21.1. The molecule has 27 heavy (non-hydrogen) atoms. The summed E-state index contributed by atoms with van der Waals surface area (Å²) in [6.07, 6.45) is 0.805. The van der Waals surface area contributed by atoms with E-state index in [1.54, 1.807) is 0 Å². The van der Waals surface area contributed by atoms with Crippen LogP contribution in [-0.2, 0) is 11.3 Å². The van der Waals surface area contributed by atoms with Crippen LogP contribution < -0.4 is 5.32 Å². The van der Waals surface area contributed by atoms with Crippen molar-refractivity contribution in [2.24, 2.45) is 0 Å². The highest BCUT2D eigenvalue weighted by molar-refractivity contribution is 6.00. The number of piperazine rings is 1. The van der Waals surface area contributed by atoms with Gasteiger partial charge >= 0.3 is 0 Å². The minimum Gasteiger partial charge on any atom is -0.396 e. The number of pyridine rings is 1. The van der Waals surface area contributed by atoms with Gasteiger partial charge in [-0.3, -0.25) is 19.6 Å². The van der Waals surface area contributed by atoms with E-state index in [2.05, 4.69) is 29.0 Å². The SMILES string of the molecule is CC(=O)Nc1cccc2nc(CN3CCN(C(C)C)C(CCO)C3)ccc12. The molecule has 1 aliphatic heterocycles. The number of aliphatic hydroxyl groups excluding tert-OH is 1. The lowest BCUT2D eigenvalue weighted by molar-refractivity contribution is -0.114. The van der Waals surface area contributed by atoms with Crippen LogP contribution in [0.1, 0.15) is 32.9 Å². The van der Waals surface area contributed by atoms with Gasteiger partial charge in [-0.15, -0.1) is 0 Å². The summed E-state index contributed by atoms with van der Waals surface area (Å²) < 4.78 is 0. The van der Waals surface area contributed by atoms with E-state index in [0.717, 1.165) is 54.9 Å². The highest BCUT2D eigenvalue weighted by Crippen LogP contribution is 2.23. The van der Waals surface area contributed by atoms with Gasteiger partial charge in [-0.2, -0.15) is 0 Å². The molecule has 0 bridgehead atoms. The Balaban J connectivity index is 1.74. The largest absolute Gasteiger partial charge is 0.396 e. The molecular formula is C21H30N4O2. The fourth-order valence-corrected chi connectivity index (χ4v) is 3.98. The van der Waals surface area contributed by atoms with Crippen LogP contribution in [0.25, 0.3) is 10.9 Å². The van der Waals surface area contributed by atoms with Crippen molar-refractivity contribution >= 4 is 22.5 Å². The number of nitrogens with one attached hydrogen (secondary N) is 1. The fraction of sp³-hybridized carbons (Fsp3) is 0.524. The minimum absolute atomic E-state index is 0.0791. The highest BCUT2D eigenvalue weighted by atomic mass is 16.3. The standard InChI is InChI=1S/C21H30N4O2/c1-15(2)25-11-10-24(14-18(25)9-12-26)13-17-7-8-19-20(22-16(3)27)5-4-6-21(19)23-17/h4-8,15,18,26H,9-14H2,1-3H3,(H,22,27). The third kappa shape index (κ3) is 4.83. The van der Waals surface area contributed by atoms with Crippen molar-refractivity contribution < 1.29 is 9.90 Å². The van der Waals surface area contributed by atoms with E-state index in [4.69, 9.17) is 4.98 Å². The summed E-state index contributed by atoms with van der Waals surface area (Å²) in [5.74, 6) is -0.0791. The zero-order valence-electron chi connectivity index (χ0n) is 16.5. The second kappa shape index (κ2) is 8.78. The quantitative estimate of drug-likeness (QED) is 0.818. The first kappa shape index (κ1) is 19.7. The molecule has 1 aromatic heterocycles. The van der Waals surface area contributed by atoms with E-state index in [0.29, 0.717) is 12.1 Å². The topological polar surface area (TPSA) is 68.7 Å². The first-order valence-electron chi connectivity index (χ1n) is 9.73. The lowest BCUT2D eigenvalue weighted by Crippen LogP contribution is -2.55. The van der Waals surface area contributed by atoms with Crippen molar-refractivity contribution in [3.8, 4) is 0 Å². The Morgan fingerprint density at radius 2 is 2.11 bits per heavy atom. The molecule has 1 unspecified atom stereocenters. The smallest absolute Gasteiger partial charge is 0.221 e. The van der Waals surface area contributed by atoms with E-state index < -0.39 is 0 Å². The van der Waals surface area contributed by atoms with Gasteiger partial charge in [0.25, 0.3) is 0 Å². The van der Waals surface area contributed by atoms with Crippen molar-refractivity contribution in [3.63, 3.8) is 0 Å². The summed E-state index contributed by atoms with van der Waals surface area (Å²) >= 11 is 0. The van der Waals surface area contributed by atoms with Crippen LogP contribution in [0.15, 0.2) is 30.3 Å². The molecule has 0 radical (unpaired) electrons. The second-order valence-electron chi connectivity index (χ2n) is 7.59. The summed E-state index contributed by atoms with van der Waals surface area (Å²) in [6, 6.07) is 10.8. The van der Waals surface area contributed by atoms with E-state index in [1.807, 2.05) is 30.3 Å². The van der Waals surface area contributed by atoms with Crippen molar-refractivity contribution in [2.45, 2.75) is 45.8 Å². The molecular weight excluding hydrogens is 340 g/mol. The number of nitrogens with zero attached hydrogens (tertiary/aromatic N) is 3. The van der Waals surface area contributed by atoms with Gasteiger partial charge in [0.2, 0.25) is 5.91 Å². The molecule has 1 fully saturated rings. The number of hydrogen-bond donors (Lipinski definition) is 2. The van der Waals surface area contributed by atoms with Gasteiger partial charge in [0, 0.05) is 57.2 Å². The molecule has 1 saturated heterocycles. The zero-order chi connectivity index (χ0) is 19.4. The molecule has 1 aliphatic rings. The van der Waals surface area contributed by atoms with E-state index in [9.17, 15) is 9.90 Å². The maximum atomic E-state index is 11.4. The summed E-state index contributed by atoms with van der Waals surface area (Å²) in [5.41, 5.74) is 2.72. The average Bonchev–Trinajstić information content (AvgIpc) is 2.61. The van der Waals surface area contributed by atoms with Crippen molar-refractivity contribution in [2.75, 3.05) is 31.6 Å². The molecule has 1 aromatic carbocycles.